The highest BCUT2D eigenvalue weighted by Gasteiger charge is 2.22. The first-order valence-electron chi connectivity index (χ1n) is 9.29. The van der Waals surface area contributed by atoms with E-state index >= 15 is 0 Å². The summed E-state index contributed by atoms with van der Waals surface area (Å²) in [6.45, 7) is 7.14. The SMILES string of the molecule is CCCn1c(C)c(C)c2nc(C(=O)N(C)C)nc(OCc3ccc(F)cc3)c21. The van der Waals surface area contributed by atoms with E-state index in [2.05, 4.69) is 21.5 Å². The van der Waals surface area contributed by atoms with Gasteiger partial charge in [-0.2, -0.15) is 4.98 Å². The molecule has 148 valence electrons. The van der Waals surface area contributed by atoms with Crippen molar-refractivity contribution in [3.05, 3.63) is 52.7 Å². The van der Waals surface area contributed by atoms with Crippen molar-refractivity contribution in [1.29, 1.82) is 0 Å². The normalized spacial score (nSPS) is 11.1. The zero-order valence-corrected chi connectivity index (χ0v) is 16.9. The van der Waals surface area contributed by atoms with Crippen molar-refractivity contribution in [2.24, 2.45) is 0 Å². The zero-order valence-electron chi connectivity index (χ0n) is 16.9. The number of carbonyl (C=O) groups is 1. The minimum Gasteiger partial charge on any atom is -0.471 e. The number of amides is 1. The lowest BCUT2D eigenvalue weighted by molar-refractivity contribution is 0.0815. The van der Waals surface area contributed by atoms with Crippen molar-refractivity contribution < 1.29 is 13.9 Å². The van der Waals surface area contributed by atoms with Crippen molar-refractivity contribution in [2.45, 2.75) is 40.3 Å². The topological polar surface area (TPSA) is 60.2 Å². The molecule has 28 heavy (non-hydrogen) atoms. The average molecular weight is 384 g/mol. The van der Waals surface area contributed by atoms with Crippen LogP contribution >= 0.6 is 0 Å². The highest BCUT2D eigenvalue weighted by molar-refractivity contribution is 5.94. The summed E-state index contributed by atoms with van der Waals surface area (Å²) in [5, 5.41) is 0. The number of hydrogen-bond acceptors (Lipinski definition) is 4. The van der Waals surface area contributed by atoms with E-state index in [4.69, 9.17) is 4.74 Å². The molecular weight excluding hydrogens is 359 g/mol. The molecule has 0 atom stereocenters. The van der Waals surface area contributed by atoms with Gasteiger partial charge in [-0.25, -0.2) is 9.37 Å². The lowest BCUT2D eigenvalue weighted by Crippen LogP contribution is -2.24. The van der Waals surface area contributed by atoms with Gasteiger partial charge in [-0.15, -0.1) is 0 Å². The molecule has 3 rings (SSSR count). The van der Waals surface area contributed by atoms with E-state index in [0.29, 0.717) is 5.88 Å². The van der Waals surface area contributed by atoms with Crippen molar-refractivity contribution in [2.75, 3.05) is 14.1 Å². The summed E-state index contributed by atoms with van der Waals surface area (Å²) in [4.78, 5) is 22.9. The lowest BCUT2D eigenvalue weighted by atomic mass is 10.2. The van der Waals surface area contributed by atoms with Gasteiger partial charge in [-0.05, 0) is 43.5 Å². The van der Waals surface area contributed by atoms with Crippen LogP contribution in [0.5, 0.6) is 5.88 Å². The summed E-state index contributed by atoms with van der Waals surface area (Å²) in [5.74, 6) is -0.114. The fourth-order valence-corrected chi connectivity index (χ4v) is 3.11. The Hall–Kier alpha value is -2.96. The molecule has 0 aliphatic heterocycles. The van der Waals surface area contributed by atoms with Crippen LogP contribution in [0.25, 0.3) is 11.0 Å². The van der Waals surface area contributed by atoms with Gasteiger partial charge in [0, 0.05) is 26.3 Å². The fourth-order valence-electron chi connectivity index (χ4n) is 3.11. The summed E-state index contributed by atoms with van der Waals surface area (Å²) >= 11 is 0. The summed E-state index contributed by atoms with van der Waals surface area (Å²) in [6.07, 6.45) is 0.944. The van der Waals surface area contributed by atoms with Crippen LogP contribution in [0.4, 0.5) is 4.39 Å². The van der Waals surface area contributed by atoms with E-state index in [0.717, 1.165) is 40.8 Å². The number of halogens is 1. The highest BCUT2D eigenvalue weighted by atomic mass is 19.1. The van der Waals surface area contributed by atoms with Gasteiger partial charge in [0.25, 0.3) is 5.91 Å². The van der Waals surface area contributed by atoms with Gasteiger partial charge in [0.2, 0.25) is 11.7 Å². The average Bonchev–Trinajstić information content (AvgIpc) is 2.92. The van der Waals surface area contributed by atoms with Crippen LogP contribution < -0.4 is 4.74 Å². The molecule has 0 saturated heterocycles. The Morgan fingerprint density at radius 1 is 1.18 bits per heavy atom. The van der Waals surface area contributed by atoms with Crippen LogP contribution in [0.2, 0.25) is 0 Å². The third-order valence-corrected chi connectivity index (χ3v) is 4.76. The Bertz CT molecular complexity index is 1010. The standard InChI is InChI=1S/C21H25FN4O2/c1-6-11-26-14(3)13(2)17-18(26)20(24-19(23-17)21(27)25(4)5)28-12-15-7-9-16(22)10-8-15/h7-10H,6,11-12H2,1-5H3. The Labute approximate surface area is 164 Å². The number of nitrogens with zero attached hydrogens (tertiary/aromatic N) is 4. The molecule has 0 N–H and O–H groups in total. The Kier molecular flexibility index (Phi) is 5.63. The number of rotatable bonds is 6. The van der Waals surface area contributed by atoms with Crippen LogP contribution in [0.15, 0.2) is 24.3 Å². The number of fused-ring (bicyclic) bond motifs is 1. The van der Waals surface area contributed by atoms with Crippen molar-refractivity contribution in [3.8, 4) is 5.88 Å². The molecule has 1 aromatic carbocycles. The Morgan fingerprint density at radius 2 is 1.86 bits per heavy atom. The second kappa shape index (κ2) is 7.96. The van der Waals surface area contributed by atoms with E-state index in [1.165, 1.54) is 17.0 Å². The van der Waals surface area contributed by atoms with Gasteiger partial charge in [-0.3, -0.25) is 4.79 Å². The van der Waals surface area contributed by atoms with Gasteiger partial charge in [0.1, 0.15) is 17.9 Å². The maximum atomic E-state index is 13.2. The zero-order chi connectivity index (χ0) is 20.4. The molecule has 6 nitrogen and oxygen atoms in total. The predicted molar refractivity (Wildman–Crippen MR) is 106 cm³/mol. The maximum absolute atomic E-state index is 13.2. The predicted octanol–water partition coefficient (Wildman–Crippen LogP) is 3.88. The molecule has 0 unspecified atom stereocenters. The van der Waals surface area contributed by atoms with Crippen LogP contribution in [0.1, 0.15) is 40.8 Å². The van der Waals surface area contributed by atoms with Gasteiger partial charge in [-0.1, -0.05) is 19.1 Å². The number of aryl methyl sites for hydroxylation is 2. The molecule has 0 radical (unpaired) electrons. The van der Waals surface area contributed by atoms with Gasteiger partial charge in [0.05, 0.1) is 5.52 Å². The van der Waals surface area contributed by atoms with Gasteiger partial charge < -0.3 is 14.2 Å². The van der Waals surface area contributed by atoms with E-state index in [1.54, 1.807) is 26.2 Å². The van der Waals surface area contributed by atoms with Crippen molar-refractivity contribution in [3.63, 3.8) is 0 Å². The molecule has 0 saturated carbocycles. The van der Waals surface area contributed by atoms with Gasteiger partial charge >= 0.3 is 0 Å². The van der Waals surface area contributed by atoms with Crippen LogP contribution in [0, 0.1) is 19.7 Å². The number of ether oxygens (including phenoxy) is 1. The second-order valence-corrected chi connectivity index (χ2v) is 7.03. The highest BCUT2D eigenvalue weighted by Crippen LogP contribution is 2.31. The second-order valence-electron chi connectivity index (χ2n) is 7.03. The molecule has 2 aromatic heterocycles. The van der Waals surface area contributed by atoms with E-state index in [1.807, 2.05) is 13.8 Å². The Morgan fingerprint density at radius 3 is 2.46 bits per heavy atom. The van der Waals surface area contributed by atoms with E-state index in [9.17, 15) is 9.18 Å². The third-order valence-electron chi connectivity index (χ3n) is 4.76. The smallest absolute Gasteiger partial charge is 0.291 e. The van der Waals surface area contributed by atoms with E-state index < -0.39 is 0 Å². The minimum absolute atomic E-state index is 0.100. The molecule has 0 fully saturated rings. The van der Waals surface area contributed by atoms with Gasteiger partial charge in [0.15, 0.2) is 0 Å². The third kappa shape index (κ3) is 3.69. The molecule has 1 amide bonds. The van der Waals surface area contributed by atoms with Crippen LogP contribution in [0.3, 0.4) is 0 Å². The summed E-state index contributed by atoms with van der Waals surface area (Å²) < 4.78 is 21.3. The number of benzene rings is 1. The monoisotopic (exact) mass is 384 g/mol. The molecular formula is C21H25FN4O2. The molecule has 0 spiro atoms. The summed E-state index contributed by atoms with van der Waals surface area (Å²) in [7, 11) is 3.32. The molecule has 0 aliphatic carbocycles. The van der Waals surface area contributed by atoms with E-state index in [-0.39, 0.29) is 24.2 Å². The lowest BCUT2D eigenvalue weighted by Gasteiger charge is -2.13. The fraction of sp³-hybridized carbons (Fsp3) is 0.381. The largest absolute Gasteiger partial charge is 0.471 e. The van der Waals surface area contributed by atoms with Crippen LogP contribution in [-0.2, 0) is 13.2 Å². The number of carbonyl (C=O) groups excluding carboxylic acids is 1. The van der Waals surface area contributed by atoms with Crippen LogP contribution in [-0.4, -0.2) is 39.4 Å². The quantitative estimate of drug-likeness (QED) is 0.647. The minimum atomic E-state index is -0.296. The Balaban J connectivity index is 2.11. The summed E-state index contributed by atoms with van der Waals surface area (Å²) in [5.41, 5.74) is 4.41. The van der Waals surface area contributed by atoms with Crippen molar-refractivity contribution >= 4 is 16.9 Å². The summed E-state index contributed by atoms with van der Waals surface area (Å²) in [6, 6.07) is 6.12. The molecule has 7 heteroatoms. The molecule has 0 aliphatic rings. The molecule has 0 bridgehead atoms. The number of aromatic nitrogens is 3. The molecule has 3 aromatic rings. The number of hydrogen-bond donors (Lipinski definition) is 0. The first-order chi connectivity index (χ1) is 13.3. The molecule has 2 heterocycles. The maximum Gasteiger partial charge on any atom is 0.291 e. The van der Waals surface area contributed by atoms with Crippen molar-refractivity contribution in [1.82, 2.24) is 19.4 Å². The first kappa shape index (κ1) is 19.8. The first-order valence-corrected chi connectivity index (χ1v) is 9.29.